The average Bonchev–Trinajstić information content (AvgIpc) is 3.40. The van der Waals surface area contributed by atoms with E-state index in [2.05, 4.69) is 10.6 Å². The first-order valence-electron chi connectivity index (χ1n) is 11.5. The van der Waals surface area contributed by atoms with E-state index in [9.17, 15) is 22.8 Å². The summed E-state index contributed by atoms with van der Waals surface area (Å²) in [5.74, 6) is -0.216. The Bertz CT molecular complexity index is 1440. The third-order valence-electron chi connectivity index (χ3n) is 5.53. The molecule has 0 aliphatic rings. The van der Waals surface area contributed by atoms with Gasteiger partial charge in [-0.2, -0.15) is 13.2 Å². The molecule has 0 radical (unpaired) electrons. The summed E-state index contributed by atoms with van der Waals surface area (Å²) in [6.45, 7) is 0.211. The van der Waals surface area contributed by atoms with Crippen LogP contribution in [-0.4, -0.2) is 18.9 Å². The molecule has 0 unspecified atom stereocenters. The Kier molecular flexibility index (Phi) is 7.96. The highest BCUT2D eigenvalue weighted by molar-refractivity contribution is 6.05. The number of furan rings is 1. The quantitative estimate of drug-likeness (QED) is 0.277. The van der Waals surface area contributed by atoms with Crippen LogP contribution in [0.4, 0.5) is 13.2 Å². The van der Waals surface area contributed by atoms with Gasteiger partial charge < -0.3 is 19.8 Å². The highest BCUT2D eigenvalue weighted by Gasteiger charge is 2.30. The number of alkyl halides is 3. The van der Waals surface area contributed by atoms with Crippen molar-refractivity contribution in [1.29, 1.82) is 0 Å². The molecule has 0 spiro atoms. The van der Waals surface area contributed by atoms with Crippen molar-refractivity contribution < 1.29 is 31.9 Å². The molecule has 0 saturated carbocycles. The van der Waals surface area contributed by atoms with E-state index in [1.54, 1.807) is 24.3 Å². The van der Waals surface area contributed by atoms with Crippen LogP contribution in [0.2, 0.25) is 0 Å². The summed E-state index contributed by atoms with van der Waals surface area (Å²) in [4.78, 5) is 25.9. The Hall–Kier alpha value is -4.79. The minimum atomic E-state index is -4.50. The maximum Gasteiger partial charge on any atom is 0.416 e. The summed E-state index contributed by atoms with van der Waals surface area (Å²) in [5, 5.41) is 5.34. The van der Waals surface area contributed by atoms with Crippen molar-refractivity contribution in [2.75, 3.05) is 7.11 Å². The fourth-order valence-corrected chi connectivity index (χ4v) is 3.55. The van der Waals surface area contributed by atoms with Crippen LogP contribution in [-0.2, 0) is 17.5 Å². The molecule has 1 aromatic heterocycles. The zero-order valence-corrected chi connectivity index (χ0v) is 20.2. The van der Waals surface area contributed by atoms with Gasteiger partial charge in [0.25, 0.3) is 11.8 Å². The third kappa shape index (κ3) is 6.70. The average molecular weight is 521 g/mol. The number of amides is 2. The number of hydrogen-bond donors (Lipinski definition) is 2. The zero-order chi connectivity index (χ0) is 27.1. The summed E-state index contributed by atoms with van der Waals surface area (Å²) in [6, 6.07) is 23.2. The standard InChI is InChI=1S/C29H23F3N2O4/c1-37-23-12-10-20(11-13-23)27(35)34-25(28(36)33-18-19-6-3-2-4-7-19)17-24-14-15-26(38-24)21-8-5-9-22(16-21)29(30,31)32/h2-17H,18H2,1H3,(H,33,36)(H,34,35). The van der Waals surface area contributed by atoms with Gasteiger partial charge in [-0.1, -0.05) is 42.5 Å². The van der Waals surface area contributed by atoms with Crippen molar-refractivity contribution >= 4 is 17.9 Å². The lowest BCUT2D eigenvalue weighted by molar-refractivity contribution is -0.137. The molecule has 6 nitrogen and oxygen atoms in total. The van der Waals surface area contributed by atoms with Gasteiger partial charge >= 0.3 is 6.18 Å². The number of carbonyl (C=O) groups is 2. The summed E-state index contributed by atoms with van der Waals surface area (Å²) in [6.07, 6.45) is -3.18. The second-order valence-corrected chi connectivity index (χ2v) is 8.19. The van der Waals surface area contributed by atoms with Crippen LogP contribution in [0.3, 0.4) is 0 Å². The van der Waals surface area contributed by atoms with E-state index in [0.717, 1.165) is 17.7 Å². The van der Waals surface area contributed by atoms with Gasteiger partial charge in [0, 0.05) is 23.7 Å². The normalized spacial score (nSPS) is 11.6. The largest absolute Gasteiger partial charge is 0.497 e. The summed E-state index contributed by atoms with van der Waals surface area (Å²) in [7, 11) is 1.50. The van der Waals surface area contributed by atoms with E-state index in [1.807, 2.05) is 30.3 Å². The van der Waals surface area contributed by atoms with E-state index < -0.39 is 23.6 Å². The molecule has 4 rings (SSSR count). The van der Waals surface area contributed by atoms with E-state index in [0.29, 0.717) is 5.75 Å². The minimum absolute atomic E-state index is 0.105. The van der Waals surface area contributed by atoms with Crippen LogP contribution >= 0.6 is 0 Å². The maximum absolute atomic E-state index is 13.1. The molecule has 0 saturated heterocycles. The predicted molar refractivity (Wildman–Crippen MR) is 136 cm³/mol. The molecule has 2 N–H and O–H groups in total. The molecule has 0 aliphatic carbocycles. The van der Waals surface area contributed by atoms with Crippen molar-refractivity contribution in [3.05, 3.63) is 119 Å². The predicted octanol–water partition coefficient (Wildman–Crippen LogP) is 6.06. The Balaban J connectivity index is 1.59. The van der Waals surface area contributed by atoms with Crippen LogP contribution in [0.5, 0.6) is 5.75 Å². The first kappa shape index (κ1) is 26.3. The number of rotatable bonds is 8. The molecule has 4 aromatic rings. The third-order valence-corrected chi connectivity index (χ3v) is 5.53. The number of carbonyl (C=O) groups excluding carboxylic acids is 2. The lowest BCUT2D eigenvalue weighted by atomic mass is 10.1. The van der Waals surface area contributed by atoms with Crippen molar-refractivity contribution in [3.63, 3.8) is 0 Å². The first-order valence-corrected chi connectivity index (χ1v) is 11.5. The second kappa shape index (κ2) is 11.5. The van der Waals surface area contributed by atoms with Crippen LogP contribution < -0.4 is 15.4 Å². The molecule has 2 amide bonds. The summed E-state index contributed by atoms with van der Waals surface area (Å²) < 4.78 is 50.2. The number of benzene rings is 3. The number of methoxy groups -OCH3 is 1. The molecule has 0 bridgehead atoms. The molecule has 0 aliphatic heterocycles. The smallest absolute Gasteiger partial charge is 0.416 e. The van der Waals surface area contributed by atoms with Crippen molar-refractivity contribution in [1.82, 2.24) is 10.6 Å². The van der Waals surface area contributed by atoms with Crippen molar-refractivity contribution in [2.45, 2.75) is 12.7 Å². The van der Waals surface area contributed by atoms with Gasteiger partial charge in [-0.05, 0) is 54.1 Å². The SMILES string of the molecule is COc1ccc(C(=O)NC(=Cc2ccc(-c3cccc(C(F)(F)F)c3)o2)C(=O)NCc2ccccc2)cc1. The number of nitrogens with one attached hydrogen (secondary N) is 2. The lowest BCUT2D eigenvalue weighted by Gasteiger charge is -2.11. The molecule has 38 heavy (non-hydrogen) atoms. The monoisotopic (exact) mass is 520 g/mol. The van der Waals surface area contributed by atoms with Gasteiger partial charge in [0.1, 0.15) is 23.0 Å². The Morgan fingerprint density at radius 3 is 2.34 bits per heavy atom. The van der Waals surface area contributed by atoms with Gasteiger partial charge in [0.05, 0.1) is 12.7 Å². The van der Waals surface area contributed by atoms with E-state index in [1.165, 1.54) is 37.5 Å². The second-order valence-electron chi connectivity index (χ2n) is 8.19. The van der Waals surface area contributed by atoms with E-state index in [-0.39, 0.29) is 34.9 Å². The Labute approximate surface area is 216 Å². The molecular weight excluding hydrogens is 497 g/mol. The van der Waals surface area contributed by atoms with Crippen LogP contribution in [0, 0.1) is 0 Å². The zero-order valence-electron chi connectivity index (χ0n) is 20.2. The molecule has 9 heteroatoms. The molecule has 3 aromatic carbocycles. The molecule has 1 heterocycles. The highest BCUT2D eigenvalue weighted by Crippen LogP contribution is 2.32. The lowest BCUT2D eigenvalue weighted by Crippen LogP contribution is -2.34. The fraction of sp³-hybridized carbons (Fsp3) is 0.103. The summed E-state index contributed by atoms with van der Waals surface area (Å²) >= 11 is 0. The highest BCUT2D eigenvalue weighted by atomic mass is 19.4. The minimum Gasteiger partial charge on any atom is -0.497 e. The first-order chi connectivity index (χ1) is 18.2. The van der Waals surface area contributed by atoms with Gasteiger partial charge in [0.2, 0.25) is 0 Å². The fourth-order valence-electron chi connectivity index (χ4n) is 3.55. The molecular formula is C29H23F3N2O4. The van der Waals surface area contributed by atoms with Gasteiger partial charge in [0.15, 0.2) is 0 Å². The Morgan fingerprint density at radius 2 is 1.66 bits per heavy atom. The van der Waals surface area contributed by atoms with Gasteiger partial charge in [-0.15, -0.1) is 0 Å². The van der Waals surface area contributed by atoms with Crippen LogP contribution in [0.15, 0.2) is 101 Å². The number of halogens is 3. The van der Waals surface area contributed by atoms with E-state index >= 15 is 0 Å². The van der Waals surface area contributed by atoms with Crippen LogP contribution in [0.25, 0.3) is 17.4 Å². The summed E-state index contributed by atoms with van der Waals surface area (Å²) in [5.41, 5.74) is 0.447. The number of ether oxygens (including phenoxy) is 1. The van der Waals surface area contributed by atoms with Crippen LogP contribution in [0.1, 0.15) is 27.2 Å². The topological polar surface area (TPSA) is 80.6 Å². The van der Waals surface area contributed by atoms with Crippen molar-refractivity contribution in [2.24, 2.45) is 0 Å². The van der Waals surface area contributed by atoms with Crippen molar-refractivity contribution in [3.8, 4) is 17.1 Å². The number of hydrogen-bond acceptors (Lipinski definition) is 4. The van der Waals surface area contributed by atoms with Gasteiger partial charge in [-0.25, -0.2) is 0 Å². The molecule has 0 atom stereocenters. The molecule has 194 valence electrons. The molecule has 0 fully saturated rings. The van der Waals surface area contributed by atoms with Gasteiger partial charge in [-0.3, -0.25) is 9.59 Å². The maximum atomic E-state index is 13.1. The Morgan fingerprint density at radius 1 is 0.921 bits per heavy atom. The van der Waals surface area contributed by atoms with E-state index in [4.69, 9.17) is 9.15 Å².